The quantitative estimate of drug-likeness (QED) is 0.618. The molecule has 0 aliphatic rings. The third-order valence-electron chi connectivity index (χ3n) is 3.51. The molecule has 1 N–H and O–H groups in total. The van der Waals surface area contributed by atoms with Gasteiger partial charge in [0.05, 0.1) is 17.4 Å². The Morgan fingerprint density at radius 3 is 2.54 bits per heavy atom. The lowest BCUT2D eigenvalue weighted by molar-refractivity contribution is -0.0964. The van der Waals surface area contributed by atoms with E-state index in [4.69, 9.17) is 23.2 Å². The summed E-state index contributed by atoms with van der Waals surface area (Å²) in [5, 5.41) is 2.42. The number of carbonyl (C=O) groups excluding carboxylic acids is 1. The van der Waals surface area contributed by atoms with Crippen molar-refractivity contribution in [3.8, 4) is 11.4 Å². The minimum Gasteiger partial charge on any atom is -0.420 e. The van der Waals surface area contributed by atoms with Crippen LogP contribution in [0.2, 0.25) is 5.02 Å². The summed E-state index contributed by atoms with van der Waals surface area (Å²) in [7, 11) is 0. The fourth-order valence-corrected chi connectivity index (χ4v) is 2.60. The molecule has 6 nitrogen and oxygen atoms in total. The number of rotatable bonds is 5. The van der Waals surface area contributed by atoms with E-state index in [1.54, 1.807) is 18.3 Å². The molecule has 0 bridgehead atoms. The van der Waals surface area contributed by atoms with Crippen molar-refractivity contribution in [1.29, 1.82) is 0 Å². The van der Waals surface area contributed by atoms with Gasteiger partial charge in [-0.05, 0) is 42.5 Å². The van der Waals surface area contributed by atoms with E-state index in [0.29, 0.717) is 11.4 Å². The van der Waals surface area contributed by atoms with Crippen molar-refractivity contribution < 1.29 is 18.3 Å². The number of alkyl halides is 3. The van der Waals surface area contributed by atoms with E-state index in [-0.39, 0.29) is 16.3 Å². The molecule has 144 valence electrons. The van der Waals surface area contributed by atoms with Crippen LogP contribution in [0.4, 0.5) is 14.5 Å². The Morgan fingerprint density at radius 1 is 1.21 bits per heavy atom. The van der Waals surface area contributed by atoms with Crippen molar-refractivity contribution in [3.05, 3.63) is 82.0 Å². The third kappa shape index (κ3) is 4.85. The monoisotopic (exact) mass is 425 g/mol. The maximum atomic E-state index is 12.6. The summed E-state index contributed by atoms with van der Waals surface area (Å²) in [6.07, 6.45) is 4.32. The van der Waals surface area contributed by atoms with Gasteiger partial charge in [-0.3, -0.25) is 19.1 Å². The molecule has 0 saturated heterocycles. The van der Waals surface area contributed by atoms with Gasteiger partial charge < -0.3 is 10.1 Å². The Bertz CT molecular complexity index is 1050. The predicted molar refractivity (Wildman–Crippen MR) is 101 cm³/mol. The number of carbonyl (C=O) groups is 1. The minimum absolute atomic E-state index is 0.112. The highest BCUT2D eigenvalue weighted by atomic mass is 35.5. The van der Waals surface area contributed by atoms with Crippen LogP contribution in [0.25, 0.3) is 5.69 Å². The lowest BCUT2D eigenvalue weighted by atomic mass is 10.2. The molecule has 3 rings (SSSR count). The zero-order chi connectivity index (χ0) is 20.3. The number of hydrogen-bond acceptors (Lipinski definition) is 4. The summed E-state index contributed by atoms with van der Waals surface area (Å²) in [4.78, 5) is 28.7. The van der Waals surface area contributed by atoms with Crippen LogP contribution in [0, 0.1) is 0 Å². The van der Waals surface area contributed by atoms with Crippen molar-refractivity contribution in [1.82, 2.24) is 9.55 Å². The van der Waals surface area contributed by atoms with E-state index in [1.807, 2.05) is 0 Å². The van der Waals surface area contributed by atoms with E-state index in [1.165, 1.54) is 47.3 Å². The van der Waals surface area contributed by atoms with E-state index in [9.17, 15) is 18.4 Å². The maximum absolute atomic E-state index is 12.6. The van der Waals surface area contributed by atoms with Crippen LogP contribution < -0.4 is 15.6 Å². The summed E-state index contributed by atoms with van der Waals surface area (Å²) in [5.74, 6) is -0.734. The van der Waals surface area contributed by atoms with E-state index < -0.39 is 17.0 Å². The molecule has 1 aromatic carbocycles. The Balaban J connectivity index is 1.83. The molecule has 2 aromatic heterocycles. The molecule has 1 amide bonds. The molecular formula is C18H11Cl2F2N3O3. The van der Waals surface area contributed by atoms with Gasteiger partial charge in [-0.1, -0.05) is 11.6 Å². The molecule has 10 heteroatoms. The molecule has 3 aromatic rings. The summed E-state index contributed by atoms with van der Waals surface area (Å²) in [6, 6.07) is 9.65. The third-order valence-corrected chi connectivity index (χ3v) is 3.85. The predicted octanol–water partition coefficient (Wildman–Crippen LogP) is 4.31. The number of pyridine rings is 2. The first kappa shape index (κ1) is 19.8. The number of aromatic nitrogens is 2. The molecule has 0 fully saturated rings. The molecule has 0 aliphatic carbocycles. The number of benzene rings is 1. The SMILES string of the molecule is O=C(Nc1ccc(OC(F)(F)Cl)cc1)c1cc(Cl)c(=O)n(-c2cccnc2)c1. The van der Waals surface area contributed by atoms with Crippen LogP contribution in [-0.2, 0) is 0 Å². The second-order valence-electron chi connectivity index (χ2n) is 5.49. The maximum Gasteiger partial charge on any atom is 0.487 e. The lowest BCUT2D eigenvalue weighted by Gasteiger charge is -2.12. The van der Waals surface area contributed by atoms with Crippen LogP contribution in [0.5, 0.6) is 5.75 Å². The highest BCUT2D eigenvalue weighted by molar-refractivity contribution is 6.30. The van der Waals surface area contributed by atoms with Gasteiger partial charge in [0.15, 0.2) is 0 Å². The van der Waals surface area contributed by atoms with Gasteiger partial charge >= 0.3 is 5.57 Å². The zero-order valence-electron chi connectivity index (χ0n) is 13.9. The second kappa shape index (κ2) is 7.95. The van der Waals surface area contributed by atoms with Crippen LogP contribution >= 0.6 is 23.2 Å². The van der Waals surface area contributed by atoms with Crippen LogP contribution in [0.3, 0.4) is 0 Å². The molecule has 2 heterocycles. The first-order valence-electron chi connectivity index (χ1n) is 7.73. The van der Waals surface area contributed by atoms with Gasteiger partial charge in [0, 0.05) is 29.7 Å². The largest absolute Gasteiger partial charge is 0.487 e. The van der Waals surface area contributed by atoms with Crippen LogP contribution in [0.1, 0.15) is 10.4 Å². The average molecular weight is 426 g/mol. The molecule has 0 atom stereocenters. The standard InChI is InChI=1S/C18H11Cl2F2N3O3/c19-15-8-11(10-25(17(15)27)13-2-1-7-23-9-13)16(26)24-12-3-5-14(6-4-12)28-18(20,21)22/h1-10H,(H,24,26). The van der Waals surface area contributed by atoms with Crippen molar-refractivity contribution >= 4 is 34.8 Å². The molecular weight excluding hydrogens is 415 g/mol. The van der Waals surface area contributed by atoms with E-state index in [2.05, 4.69) is 15.0 Å². The minimum atomic E-state index is -3.83. The van der Waals surface area contributed by atoms with Crippen molar-refractivity contribution in [2.45, 2.75) is 5.57 Å². The number of anilines is 1. The highest BCUT2D eigenvalue weighted by Gasteiger charge is 2.27. The zero-order valence-corrected chi connectivity index (χ0v) is 15.4. The molecule has 0 aliphatic heterocycles. The lowest BCUT2D eigenvalue weighted by Crippen LogP contribution is -2.22. The topological polar surface area (TPSA) is 73.2 Å². The molecule has 0 radical (unpaired) electrons. The number of amides is 1. The summed E-state index contributed by atoms with van der Waals surface area (Å²) < 4.78 is 30.6. The fraction of sp³-hybridized carbons (Fsp3) is 0.0556. The normalized spacial score (nSPS) is 11.1. The van der Waals surface area contributed by atoms with E-state index >= 15 is 0 Å². The second-order valence-corrected chi connectivity index (χ2v) is 6.34. The van der Waals surface area contributed by atoms with Crippen molar-refractivity contribution in [2.75, 3.05) is 5.32 Å². The first-order chi connectivity index (χ1) is 13.2. The molecule has 28 heavy (non-hydrogen) atoms. The number of nitrogens with zero attached hydrogens (tertiary/aromatic N) is 2. The van der Waals surface area contributed by atoms with Gasteiger partial charge in [-0.2, -0.15) is 0 Å². The number of halogens is 4. The van der Waals surface area contributed by atoms with Gasteiger partial charge in [0.1, 0.15) is 10.8 Å². The van der Waals surface area contributed by atoms with E-state index in [0.717, 1.165) is 0 Å². The average Bonchev–Trinajstić information content (AvgIpc) is 2.65. The summed E-state index contributed by atoms with van der Waals surface area (Å²) >= 11 is 10.7. The highest BCUT2D eigenvalue weighted by Crippen LogP contribution is 2.26. The smallest absolute Gasteiger partial charge is 0.420 e. The fourth-order valence-electron chi connectivity index (χ4n) is 2.30. The number of ether oxygens (including phenoxy) is 1. The van der Waals surface area contributed by atoms with Crippen molar-refractivity contribution in [3.63, 3.8) is 0 Å². The summed E-state index contributed by atoms with van der Waals surface area (Å²) in [6.45, 7) is 0. The van der Waals surface area contributed by atoms with Gasteiger partial charge in [0.25, 0.3) is 11.5 Å². The molecule has 0 saturated carbocycles. The summed E-state index contributed by atoms with van der Waals surface area (Å²) in [5.41, 5.74) is -3.48. The van der Waals surface area contributed by atoms with Crippen molar-refractivity contribution in [2.24, 2.45) is 0 Å². The Labute approximate surface area is 167 Å². The Morgan fingerprint density at radius 2 is 1.93 bits per heavy atom. The van der Waals surface area contributed by atoms with Gasteiger partial charge in [0.2, 0.25) is 0 Å². The van der Waals surface area contributed by atoms with Gasteiger partial charge in [-0.25, -0.2) is 0 Å². The van der Waals surface area contributed by atoms with Crippen LogP contribution in [-0.4, -0.2) is 21.0 Å². The van der Waals surface area contributed by atoms with Gasteiger partial charge in [-0.15, -0.1) is 8.78 Å². The molecule has 0 unspecified atom stereocenters. The number of hydrogen-bond donors (Lipinski definition) is 1. The van der Waals surface area contributed by atoms with Crippen LogP contribution in [0.15, 0.2) is 65.8 Å². The Hall–Kier alpha value is -2.97. The Kier molecular flexibility index (Phi) is 5.62. The molecule has 0 spiro atoms. The number of nitrogens with one attached hydrogen (secondary N) is 1. The first-order valence-corrected chi connectivity index (χ1v) is 8.48.